The minimum absolute atomic E-state index is 0.0245. The average molecular weight is 794 g/mol. The standard InChI is InChI=1S/C43H44ClN5O8/c1-55-36-17-10-31(11-18-36)43(30-6-4-3-5-7-30,32-12-19-37(56-2)20-13-32)57-28-35-27-41(50)40(48(35)42(51)52)23-25-45-24-22-29-8-14-33(15-9-29)46-47-39-21-16-34(49(53)54)26-38(39)44/h3-21,26,35,40-41,45,50H,22-25,27-28H2,1-2H3,(H,51,52)/t35-,40?,41+/m0/s1. The van der Waals surface area contributed by atoms with Crippen LogP contribution in [0.5, 0.6) is 11.5 Å². The number of rotatable bonds is 17. The van der Waals surface area contributed by atoms with Gasteiger partial charge in [0.25, 0.3) is 5.69 Å². The number of non-ortho nitro benzene ring substituents is 1. The molecule has 1 unspecified atom stereocenters. The number of nitrogens with one attached hydrogen (secondary N) is 1. The molecule has 3 atom stereocenters. The quantitative estimate of drug-likeness (QED) is 0.0274. The lowest BCUT2D eigenvalue weighted by atomic mass is 9.80. The second-order valence-electron chi connectivity index (χ2n) is 13.6. The molecule has 13 nitrogen and oxygen atoms in total. The van der Waals surface area contributed by atoms with Gasteiger partial charge in [-0.2, -0.15) is 5.11 Å². The largest absolute Gasteiger partial charge is 0.497 e. The van der Waals surface area contributed by atoms with Crippen LogP contribution in [0.4, 0.5) is 21.9 Å². The first-order valence-electron chi connectivity index (χ1n) is 18.5. The van der Waals surface area contributed by atoms with E-state index in [-0.39, 0.29) is 23.7 Å². The topological polar surface area (TPSA) is 168 Å². The molecule has 0 bridgehead atoms. The number of halogens is 1. The Hall–Kier alpha value is -5.86. The Morgan fingerprint density at radius 1 is 0.877 bits per heavy atom. The van der Waals surface area contributed by atoms with Crippen molar-refractivity contribution in [1.29, 1.82) is 0 Å². The Labute approximate surface area is 335 Å². The number of hydrogen-bond acceptors (Lipinski definition) is 10. The minimum atomic E-state index is -1.13. The van der Waals surface area contributed by atoms with E-state index in [0.29, 0.717) is 48.8 Å². The van der Waals surface area contributed by atoms with Gasteiger partial charge in [-0.1, -0.05) is 78.3 Å². The highest BCUT2D eigenvalue weighted by Gasteiger charge is 2.45. The molecule has 6 rings (SSSR count). The van der Waals surface area contributed by atoms with E-state index >= 15 is 0 Å². The van der Waals surface area contributed by atoms with Gasteiger partial charge in [-0.15, -0.1) is 5.11 Å². The third kappa shape index (κ3) is 9.58. The van der Waals surface area contributed by atoms with Crippen LogP contribution in [0, 0.1) is 10.1 Å². The first kappa shape index (κ1) is 40.8. The molecule has 1 heterocycles. The highest BCUT2D eigenvalue weighted by atomic mass is 35.5. The van der Waals surface area contributed by atoms with Crippen molar-refractivity contribution in [3.8, 4) is 11.5 Å². The van der Waals surface area contributed by atoms with Gasteiger partial charge in [-0.3, -0.25) is 15.0 Å². The Kier molecular flexibility index (Phi) is 13.5. The third-order valence-corrected chi connectivity index (χ3v) is 10.5. The number of methoxy groups -OCH3 is 2. The molecule has 0 spiro atoms. The molecule has 1 fully saturated rings. The number of nitrogens with zero attached hydrogens (tertiary/aromatic N) is 4. The summed E-state index contributed by atoms with van der Waals surface area (Å²) < 4.78 is 17.9. The summed E-state index contributed by atoms with van der Waals surface area (Å²) in [5, 5.41) is 44.5. The zero-order valence-corrected chi connectivity index (χ0v) is 32.3. The lowest BCUT2D eigenvalue weighted by molar-refractivity contribution is -0.384. The van der Waals surface area contributed by atoms with Gasteiger partial charge in [0.05, 0.1) is 54.6 Å². The molecule has 1 saturated heterocycles. The van der Waals surface area contributed by atoms with Crippen LogP contribution in [0.3, 0.4) is 0 Å². The molecule has 1 aliphatic heterocycles. The lowest BCUT2D eigenvalue weighted by Crippen LogP contribution is -2.46. The molecule has 0 aliphatic carbocycles. The summed E-state index contributed by atoms with van der Waals surface area (Å²) in [7, 11) is 3.22. The second kappa shape index (κ2) is 18.9. The van der Waals surface area contributed by atoms with E-state index < -0.39 is 34.8 Å². The Morgan fingerprint density at radius 3 is 2.05 bits per heavy atom. The van der Waals surface area contributed by atoms with Crippen molar-refractivity contribution in [1.82, 2.24) is 10.2 Å². The van der Waals surface area contributed by atoms with Crippen LogP contribution in [0.15, 0.2) is 132 Å². The van der Waals surface area contributed by atoms with Crippen molar-refractivity contribution in [3.05, 3.63) is 159 Å². The summed E-state index contributed by atoms with van der Waals surface area (Å²) in [6, 6.07) is 35.3. The van der Waals surface area contributed by atoms with Gasteiger partial charge in [-0.05, 0) is 97.1 Å². The molecule has 5 aromatic rings. The highest BCUT2D eigenvalue weighted by molar-refractivity contribution is 6.33. The highest BCUT2D eigenvalue weighted by Crippen LogP contribution is 2.43. The zero-order chi connectivity index (χ0) is 40.4. The molecule has 0 aromatic heterocycles. The van der Waals surface area contributed by atoms with Crippen LogP contribution >= 0.6 is 11.6 Å². The van der Waals surface area contributed by atoms with Crippen molar-refractivity contribution < 1.29 is 34.1 Å². The zero-order valence-electron chi connectivity index (χ0n) is 31.5. The van der Waals surface area contributed by atoms with Gasteiger partial charge in [0.1, 0.15) is 22.8 Å². The normalized spacial score (nSPS) is 16.8. The van der Waals surface area contributed by atoms with Crippen LogP contribution < -0.4 is 14.8 Å². The van der Waals surface area contributed by atoms with E-state index in [9.17, 15) is 25.1 Å². The first-order valence-corrected chi connectivity index (χ1v) is 18.8. The van der Waals surface area contributed by atoms with Crippen molar-refractivity contribution in [2.75, 3.05) is 33.9 Å². The van der Waals surface area contributed by atoms with E-state index in [1.807, 2.05) is 103 Å². The number of amides is 1. The number of likely N-dealkylation sites (tertiary alicyclic amines) is 1. The summed E-state index contributed by atoms with van der Waals surface area (Å²) in [6.07, 6.45) is -0.636. The van der Waals surface area contributed by atoms with Crippen LogP contribution in [0.1, 0.15) is 35.1 Å². The second-order valence-corrected chi connectivity index (χ2v) is 14.0. The maximum atomic E-state index is 12.8. The third-order valence-electron chi connectivity index (χ3n) is 10.2. The maximum Gasteiger partial charge on any atom is 0.407 e. The van der Waals surface area contributed by atoms with Gasteiger partial charge >= 0.3 is 6.09 Å². The molecule has 14 heteroatoms. The summed E-state index contributed by atoms with van der Waals surface area (Å²) in [4.78, 5) is 24.6. The molecular weight excluding hydrogens is 750 g/mol. The maximum absolute atomic E-state index is 12.8. The Bertz CT molecular complexity index is 2090. The van der Waals surface area contributed by atoms with E-state index in [4.69, 9.17) is 25.8 Å². The van der Waals surface area contributed by atoms with Crippen molar-refractivity contribution >= 4 is 34.8 Å². The fourth-order valence-corrected chi connectivity index (χ4v) is 7.43. The molecule has 1 amide bonds. The van der Waals surface area contributed by atoms with Crippen LogP contribution in [0.25, 0.3) is 0 Å². The fourth-order valence-electron chi connectivity index (χ4n) is 7.22. The number of benzene rings is 5. The predicted molar refractivity (Wildman–Crippen MR) is 216 cm³/mol. The monoisotopic (exact) mass is 793 g/mol. The molecular formula is C43H44ClN5O8. The summed E-state index contributed by atoms with van der Waals surface area (Å²) in [5.74, 6) is 1.38. The minimum Gasteiger partial charge on any atom is -0.497 e. The molecule has 0 radical (unpaired) electrons. The first-order chi connectivity index (χ1) is 27.6. The van der Waals surface area contributed by atoms with E-state index in [1.165, 1.54) is 23.1 Å². The van der Waals surface area contributed by atoms with Gasteiger partial charge in [0.15, 0.2) is 0 Å². The summed E-state index contributed by atoms with van der Waals surface area (Å²) in [5.41, 5.74) is 3.23. The smallest absolute Gasteiger partial charge is 0.407 e. The van der Waals surface area contributed by atoms with Crippen molar-refractivity contribution in [2.24, 2.45) is 10.2 Å². The number of ether oxygens (including phenoxy) is 3. The fraction of sp³-hybridized carbons (Fsp3) is 0.279. The van der Waals surface area contributed by atoms with Crippen LogP contribution in [-0.4, -0.2) is 78.2 Å². The van der Waals surface area contributed by atoms with Crippen molar-refractivity contribution in [3.63, 3.8) is 0 Å². The predicted octanol–water partition coefficient (Wildman–Crippen LogP) is 8.69. The molecule has 1 aliphatic rings. The lowest BCUT2D eigenvalue weighted by Gasteiger charge is -2.38. The Morgan fingerprint density at radius 2 is 1.49 bits per heavy atom. The van der Waals surface area contributed by atoms with E-state index in [0.717, 1.165) is 22.3 Å². The number of aliphatic hydroxyl groups is 1. The van der Waals surface area contributed by atoms with Gasteiger partial charge in [0.2, 0.25) is 0 Å². The molecule has 3 N–H and O–H groups in total. The number of aliphatic hydroxyl groups excluding tert-OH is 1. The number of carboxylic acid groups (broad SMARTS) is 1. The van der Waals surface area contributed by atoms with E-state index in [2.05, 4.69) is 15.5 Å². The number of azo groups is 1. The SMILES string of the molecule is COc1ccc(C(OC[C@@H]2C[C@@H](O)C(CCNCCc3ccc(N=Nc4ccc([N+](=O)[O-])cc4Cl)cc3)N2C(=O)O)(c2ccccc2)c2ccc(OC)cc2)cc1. The Balaban J connectivity index is 1.09. The average Bonchev–Trinajstić information content (AvgIpc) is 3.56. The van der Waals surface area contributed by atoms with Crippen molar-refractivity contribution in [2.45, 2.75) is 43.1 Å². The number of hydrogen-bond donors (Lipinski definition) is 3. The molecule has 5 aromatic carbocycles. The number of nitro benzene ring substituents is 1. The molecule has 296 valence electrons. The van der Waals surface area contributed by atoms with Gasteiger partial charge < -0.3 is 29.7 Å². The van der Waals surface area contributed by atoms with Crippen LogP contribution in [-0.2, 0) is 16.8 Å². The van der Waals surface area contributed by atoms with E-state index in [1.54, 1.807) is 14.2 Å². The van der Waals surface area contributed by atoms with Gasteiger partial charge in [0, 0.05) is 12.1 Å². The number of nitro groups is 1. The number of carbonyl (C=O) groups is 1. The molecule has 57 heavy (non-hydrogen) atoms. The summed E-state index contributed by atoms with van der Waals surface area (Å²) >= 11 is 6.11. The van der Waals surface area contributed by atoms with Crippen LogP contribution in [0.2, 0.25) is 5.02 Å². The summed E-state index contributed by atoms with van der Waals surface area (Å²) in [6.45, 7) is 1.15. The molecule has 0 saturated carbocycles. The van der Waals surface area contributed by atoms with Gasteiger partial charge in [-0.25, -0.2) is 4.79 Å².